The SMILES string of the molecule is COC(=O)C1(NC(=O)OCc2ccccc2)CCC(F)(F)CC1. The highest BCUT2D eigenvalue weighted by Crippen LogP contribution is 2.39. The zero-order valence-electron chi connectivity index (χ0n) is 12.8. The minimum atomic E-state index is -2.83. The van der Waals surface area contributed by atoms with Gasteiger partial charge in [0.15, 0.2) is 0 Å². The van der Waals surface area contributed by atoms with Crippen LogP contribution in [0.25, 0.3) is 0 Å². The molecule has 2 rings (SSSR count). The summed E-state index contributed by atoms with van der Waals surface area (Å²) in [6.45, 7) is 0.0279. The Balaban J connectivity index is 1.98. The number of halogens is 2. The van der Waals surface area contributed by atoms with Crippen molar-refractivity contribution in [1.29, 1.82) is 0 Å². The number of carbonyl (C=O) groups is 2. The molecule has 0 aliphatic heterocycles. The number of carbonyl (C=O) groups excluding carboxylic acids is 2. The molecular formula is C16H19F2NO4. The van der Waals surface area contributed by atoms with Gasteiger partial charge in [0.05, 0.1) is 7.11 Å². The molecule has 1 aromatic rings. The van der Waals surface area contributed by atoms with E-state index in [0.717, 1.165) is 12.7 Å². The van der Waals surface area contributed by atoms with E-state index < -0.39 is 36.4 Å². The van der Waals surface area contributed by atoms with Crippen LogP contribution in [0.3, 0.4) is 0 Å². The number of ether oxygens (including phenoxy) is 2. The smallest absolute Gasteiger partial charge is 0.408 e. The van der Waals surface area contributed by atoms with Gasteiger partial charge in [0.1, 0.15) is 12.1 Å². The molecule has 1 aromatic carbocycles. The molecule has 1 N–H and O–H groups in total. The van der Waals surface area contributed by atoms with E-state index in [9.17, 15) is 18.4 Å². The highest BCUT2D eigenvalue weighted by atomic mass is 19.3. The topological polar surface area (TPSA) is 64.6 Å². The van der Waals surface area contributed by atoms with Gasteiger partial charge in [0.25, 0.3) is 0 Å². The number of hydrogen-bond donors (Lipinski definition) is 1. The lowest BCUT2D eigenvalue weighted by Gasteiger charge is -2.37. The van der Waals surface area contributed by atoms with Gasteiger partial charge in [-0.15, -0.1) is 0 Å². The molecule has 0 atom stereocenters. The Labute approximate surface area is 133 Å². The number of nitrogens with one attached hydrogen (secondary N) is 1. The van der Waals surface area contributed by atoms with E-state index in [1.165, 1.54) is 0 Å². The van der Waals surface area contributed by atoms with Crippen molar-refractivity contribution in [3.8, 4) is 0 Å². The van der Waals surface area contributed by atoms with Gasteiger partial charge in [0.2, 0.25) is 5.92 Å². The fourth-order valence-corrected chi connectivity index (χ4v) is 2.57. The molecule has 1 saturated carbocycles. The molecule has 0 spiro atoms. The Bertz CT molecular complexity index is 552. The van der Waals surface area contributed by atoms with Crippen LogP contribution in [-0.2, 0) is 20.9 Å². The molecule has 126 valence electrons. The number of rotatable bonds is 4. The Morgan fingerprint density at radius 2 is 1.74 bits per heavy atom. The van der Waals surface area contributed by atoms with Crippen LogP contribution < -0.4 is 5.32 Å². The van der Waals surface area contributed by atoms with Crippen molar-refractivity contribution in [3.05, 3.63) is 35.9 Å². The molecule has 0 aromatic heterocycles. The summed E-state index contributed by atoms with van der Waals surface area (Å²) >= 11 is 0. The van der Waals surface area contributed by atoms with Crippen LogP contribution in [0.15, 0.2) is 30.3 Å². The van der Waals surface area contributed by atoms with Crippen LogP contribution in [0.1, 0.15) is 31.2 Å². The molecule has 1 aliphatic rings. The Morgan fingerprint density at radius 1 is 1.13 bits per heavy atom. The van der Waals surface area contributed by atoms with Gasteiger partial charge in [-0.3, -0.25) is 0 Å². The molecular weight excluding hydrogens is 308 g/mol. The van der Waals surface area contributed by atoms with Crippen LogP contribution >= 0.6 is 0 Å². The molecule has 0 saturated heterocycles. The normalized spacial score (nSPS) is 18.7. The molecule has 0 heterocycles. The third-order valence-corrected chi connectivity index (χ3v) is 3.97. The van der Waals surface area contributed by atoms with Crippen molar-refractivity contribution in [2.45, 2.75) is 43.8 Å². The van der Waals surface area contributed by atoms with Crippen molar-refractivity contribution < 1.29 is 27.8 Å². The molecule has 1 amide bonds. The van der Waals surface area contributed by atoms with Gasteiger partial charge >= 0.3 is 12.1 Å². The third-order valence-electron chi connectivity index (χ3n) is 3.97. The number of alkyl halides is 2. The zero-order valence-corrected chi connectivity index (χ0v) is 12.8. The average molecular weight is 327 g/mol. The fourth-order valence-electron chi connectivity index (χ4n) is 2.57. The van der Waals surface area contributed by atoms with Crippen molar-refractivity contribution in [3.63, 3.8) is 0 Å². The van der Waals surface area contributed by atoms with Gasteiger partial charge < -0.3 is 14.8 Å². The molecule has 0 bridgehead atoms. The number of alkyl carbamates (subject to hydrolysis) is 1. The van der Waals surface area contributed by atoms with Crippen LogP contribution in [-0.4, -0.2) is 30.6 Å². The lowest BCUT2D eigenvalue weighted by molar-refractivity contribution is -0.154. The second-order valence-corrected chi connectivity index (χ2v) is 5.62. The number of hydrogen-bond acceptors (Lipinski definition) is 4. The maximum Gasteiger partial charge on any atom is 0.408 e. The van der Waals surface area contributed by atoms with Crippen LogP contribution in [0.4, 0.5) is 13.6 Å². The van der Waals surface area contributed by atoms with E-state index in [2.05, 4.69) is 10.1 Å². The van der Waals surface area contributed by atoms with Crippen molar-refractivity contribution in [2.24, 2.45) is 0 Å². The molecule has 1 aliphatic carbocycles. The fraction of sp³-hybridized carbons (Fsp3) is 0.500. The first-order valence-electron chi connectivity index (χ1n) is 7.32. The standard InChI is InChI=1S/C16H19F2NO4/c1-22-13(20)15(7-9-16(17,18)10-8-15)19-14(21)23-11-12-5-3-2-4-6-12/h2-6H,7-11H2,1H3,(H,19,21). The maximum absolute atomic E-state index is 13.3. The molecule has 5 nitrogen and oxygen atoms in total. The second kappa shape index (κ2) is 6.93. The van der Waals surface area contributed by atoms with Gasteiger partial charge in [-0.05, 0) is 18.4 Å². The van der Waals surface area contributed by atoms with E-state index in [4.69, 9.17) is 4.74 Å². The first-order chi connectivity index (χ1) is 10.9. The molecule has 1 fully saturated rings. The van der Waals surface area contributed by atoms with Crippen molar-refractivity contribution >= 4 is 12.1 Å². The van der Waals surface area contributed by atoms with Crippen molar-refractivity contribution in [2.75, 3.05) is 7.11 Å². The van der Waals surface area contributed by atoms with E-state index in [0.29, 0.717) is 0 Å². The molecule has 23 heavy (non-hydrogen) atoms. The number of esters is 1. The van der Waals surface area contributed by atoms with E-state index in [1.54, 1.807) is 24.3 Å². The lowest BCUT2D eigenvalue weighted by Crippen LogP contribution is -2.58. The van der Waals surface area contributed by atoms with Gasteiger partial charge in [-0.25, -0.2) is 18.4 Å². The summed E-state index contributed by atoms with van der Waals surface area (Å²) < 4.78 is 36.4. The Kier molecular flexibility index (Phi) is 5.18. The van der Waals surface area contributed by atoms with E-state index in [-0.39, 0.29) is 19.4 Å². The lowest BCUT2D eigenvalue weighted by atomic mass is 9.80. The van der Waals surface area contributed by atoms with Crippen molar-refractivity contribution in [1.82, 2.24) is 5.32 Å². The number of methoxy groups -OCH3 is 1. The summed E-state index contributed by atoms with van der Waals surface area (Å²) in [6, 6.07) is 9.00. The quantitative estimate of drug-likeness (QED) is 0.863. The van der Waals surface area contributed by atoms with Crippen LogP contribution in [0.5, 0.6) is 0 Å². The molecule has 0 radical (unpaired) electrons. The summed E-state index contributed by atoms with van der Waals surface area (Å²) in [7, 11) is 1.16. The average Bonchev–Trinajstić information content (AvgIpc) is 2.55. The highest BCUT2D eigenvalue weighted by Gasteiger charge is 2.49. The first kappa shape index (κ1) is 17.2. The summed E-state index contributed by atoms with van der Waals surface area (Å²) in [6.07, 6.45) is -2.17. The second-order valence-electron chi connectivity index (χ2n) is 5.62. The predicted molar refractivity (Wildman–Crippen MR) is 77.9 cm³/mol. The zero-order chi connectivity index (χ0) is 16.9. The Hall–Kier alpha value is -2.18. The van der Waals surface area contributed by atoms with E-state index >= 15 is 0 Å². The van der Waals surface area contributed by atoms with Gasteiger partial charge in [-0.1, -0.05) is 30.3 Å². The summed E-state index contributed by atoms with van der Waals surface area (Å²) in [4.78, 5) is 23.9. The Morgan fingerprint density at radius 3 is 2.30 bits per heavy atom. The molecule has 0 unspecified atom stereocenters. The van der Waals surface area contributed by atoms with Crippen LogP contribution in [0, 0.1) is 0 Å². The maximum atomic E-state index is 13.3. The third kappa shape index (κ3) is 4.40. The van der Waals surface area contributed by atoms with Gasteiger partial charge in [0, 0.05) is 12.8 Å². The monoisotopic (exact) mass is 327 g/mol. The number of amides is 1. The summed E-state index contributed by atoms with van der Waals surface area (Å²) in [5.74, 6) is -3.56. The minimum absolute atomic E-state index is 0.0279. The molecule has 7 heteroatoms. The summed E-state index contributed by atoms with van der Waals surface area (Å²) in [5.41, 5.74) is -0.672. The van der Waals surface area contributed by atoms with Crippen LogP contribution in [0.2, 0.25) is 0 Å². The first-order valence-corrected chi connectivity index (χ1v) is 7.32. The predicted octanol–water partition coefficient (Wildman–Crippen LogP) is 3.03. The van der Waals surface area contributed by atoms with Gasteiger partial charge in [-0.2, -0.15) is 0 Å². The number of benzene rings is 1. The minimum Gasteiger partial charge on any atom is -0.467 e. The summed E-state index contributed by atoms with van der Waals surface area (Å²) in [5, 5.41) is 2.42. The largest absolute Gasteiger partial charge is 0.467 e. The highest BCUT2D eigenvalue weighted by molar-refractivity contribution is 5.85. The van der Waals surface area contributed by atoms with E-state index in [1.807, 2.05) is 6.07 Å².